The van der Waals surface area contributed by atoms with Crippen LogP contribution in [0.4, 0.5) is 0 Å². The van der Waals surface area contributed by atoms with Crippen LogP contribution in [0.5, 0.6) is 0 Å². The van der Waals surface area contributed by atoms with Crippen molar-refractivity contribution in [3.63, 3.8) is 0 Å². The molecule has 0 saturated carbocycles. The lowest BCUT2D eigenvalue weighted by atomic mass is 9.78. The van der Waals surface area contributed by atoms with Gasteiger partial charge in [0.15, 0.2) is 5.78 Å². The average Bonchev–Trinajstić information content (AvgIpc) is 2.50. The molecule has 0 spiro atoms. The monoisotopic (exact) mass is 298 g/mol. The van der Waals surface area contributed by atoms with Crippen molar-refractivity contribution >= 4 is 5.78 Å². The standard InChI is InChI=1S/C16H32N2O.C2H6/c1-6-15(3,4)14(19)13(17)12-18-10-8-16(5,7-2)9-11-18;1-2/h13H,6-12,17H2,1-5H3;1-2H3. The first-order chi connectivity index (χ1) is 9.74. The second kappa shape index (κ2) is 8.89. The molecule has 1 atom stereocenters. The van der Waals surface area contributed by atoms with Gasteiger partial charge in [-0.05, 0) is 37.8 Å². The third-order valence-corrected chi connectivity index (χ3v) is 5.26. The zero-order chi connectivity index (χ0) is 16.7. The predicted molar refractivity (Wildman–Crippen MR) is 92.5 cm³/mol. The first-order valence-electron chi connectivity index (χ1n) is 8.76. The van der Waals surface area contributed by atoms with Crippen LogP contribution < -0.4 is 5.73 Å². The summed E-state index contributed by atoms with van der Waals surface area (Å²) in [7, 11) is 0. The lowest BCUT2D eigenvalue weighted by molar-refractivity contribution is -0.129. The fourth-order valence-electron chi connectivity index (χ4n) is 2.67. The van der Waals surface area contributed by atoms with Crippen LogP contribution in [0.3, 0.4) is 0 Å². The molecule has 0 amide bonds. The molecule has 3 heteroatoms. The summed E-state index contributed by atoms with van der Waals surface area (Å²) in [5, 5.41) is 0. The van der Waals surface area contributed by atoms with Gasteiger partial charge in [0.05, 0.1) is 6.04 Å². The van der Waals surface area contributed by atoms with Crippen LogP contribution in [0.1, 0.15) is 74.1 Å². The van der Waals surface area contributed by atoms with E-state index in [2.05, 4.69) is 25.7 Å². The summed E-state index contributed by atoms with van der Waals surface area (Å²) < 4.78 is 0. The molecule has 126 valence electrons. The van der Waals surface area contributed by atoms with Gasteiger partial charge in [-0.1, -0.05) is 54.9 Å². The summed E-state index contributed by atoms with van der Waals surface area (Å²) in [5.74, 6) is 0.207. The highest BCUT2D eigenvalue weighted by atomic mass is 16.1. The number of carbonyl (C=O) groups excluding carboxylic acids is 1. The third-order valence-electron chi connectivity index (χ3n) is 5.26. The number of Topliss-reactive ketones (excluding diaryl/α,β-unsaturated/α-hetero) is 1. The summed E-state index contributed by atoms with van der Waals surface area (Å²) in [4.78, 5) is 14.7. The molecule has 2 N–H and O–H groups in total. The van der Waals surface area contributed by atoms with Gasteiger partial charge in [-0.2, -0.15) is 0 Å². The van der Waals surface area contributed by atoms with Crippen LogP contribution in [-0.2, 0) is 4.79 Å². The van der Waals surface area contributed by atoms with Crippen molar-refractivity contribution in [2.75, 3.05) is 19.6 Å². The Balaban J connectivity index is 0.00000191. The van der Waals surface area contributed by atoms with Crippen molar-refractivity contribution in [1.29, 1.82) is 0 Å². The van der Waals surface area contributed by atoms with Crippen LogP contribution in [0, 0.1) is 10.8 Å². The molecular weight excluding hydrogens is 260 g/mol. The molecule has 1 saturated heterocycles. The second-order valence-corrected chi connectivity index (χ2v) is 7.17. The van der Waals surface area contributed by atoms with Gasteiger partial charge in [0, 0.05) is 12.0 Å². The molecule has 1 unspecified atom stereocenters. The van der Waals surface area contributed by atoms with E-state index >= 15 is 0 Å². The Morgan fingerprint density at radius 2 is 1.71 bits per heavy atom. The molecule has 1 fully saturated rings. The third kappa shape index (κ3) is 6.07. The maximum absolute atomic E-state index is 12.3. The number of piperidine rings is 1. The van der Waals surface area contributed by atoms with E-state index in [1.807, 2.05) is 27.7 Å². The Kier molecular flexibility index (Phi) is 8.72. The summed E-state index contributed by atoms with van der Waals surface area (Å²) in [6.45, 7) is 17.6. The Morgan fingerprint density at radius 1 is 1.24 bits per heavy atom. The van der Waals surface area contributed by atoms with E-state index < -0.39 is 0 Å². The first-order valence-corrected chi connectivity index (χ1v) is 8.76. The van der Waals surface area contributed by atoms with Gasteiger partial charge in [0.1, 0.15) is 0 Å². The quantitative estimate of drug-likeness (QED) is 0.810. The summed E-state index contributed by atoms with van der Waals surface area (Å²) in [6.07, 6.45) is 4.55. The lowest BCUT2D eigenvalue weighted by Crippen LogP contribution is -2.50. The van der Waals surface area contributed by atoms with E-state index in [1.165, 1.54) is 19.3 Å². The number of rotatable bonds is 6. The molecule has 0 aromatic rings. The first kappa shape index (κ1) is 20.6. The van der Waals surface area contributed by atoms with Gasteiger partial charge < -0.3 is 10.6 Å². The minimum absolute atomic E-state index is 0.207. The van der Waals surface area contributed by atoms with Crippen LogP contribution in [0.15, 0.2) is 0 Å². The number of likely N-dealkylation sites (tertiary alicyclic amines) is 1. The molecule has 1 aliphatic rings. The number of hydrogen-bond acceptors (Lipinski definition) is 3. The molecule has 1 rings (SSSR count). The van der Waals surface area contributed by atoms with E-state index in [0.29, 0.717) is 5.41 Å². The van der Waals surface area contributed by atoms with E-state index in [4.69, 9.17) is 5.73 Å². The molecule has 0 radical (unpaired) electrons. The highest BCUT2D eigenvalue weighted by molar-refractivity contribution is 5.89. The van der Waals surface area contributed by atoms with Crippen molar-refractivity contribution in [2.24, 2.45) is 16.6 Å². The number of nitrogens with zero attached hydrogens (tertiary/aromatic N) is 1. The average molecular weight is 299 g/mol. The largest absolute Gasteiger partial charge is 0.320 e. The van der Waals surface area contributed by atoms with Gasteiger partial charge in [0.2, 0.25) is 0 Å². The normalized spacial score (nSPS) is 20.4. The fraction of sp³-hybridized carbons (Fsp3) is 0.944. The molecule has 21 heavy (non-hydrogen) atoms. The number of hydrogen-bond donors (Lipinski definition) is 1. The Bertz CT molecular complexity index is 304. The van der Waals surface area contributed by atoms with Gasteiger partial charge in [0.25, 0.3) is 0 Å². The van der Waals surface area contributed by atoms with E-state index in [9.17, 15) is 4.79 Å². The molecule has 0 bridgehead atoms. The van der Waals surface area contributed by atoms with Crippen molar-refractivity contribution < 1.29 is 4.79 Å². The highest BCUT2D eigenvalue weighted by Gasteiger charge is 2.33. The molecule has 0 aromatic carbocycles. The molecule has 0 aliphatic carbocycles. The second-order valence-electron chi connectivity index (χ2n) is 7.17. The summed E-state index contributed by atoms with van der Waals surface area (Å²) >= 11 is 0. The zero-order valence-corrected chi connectivity index (χ0v) is 15.5. The zero-order valence-electron chi connectivity index (χ0n) is 15.5. The highest BCUT2D eigenvalue weighted by Crippen LogP contribution is 2.34. The lowest BCUT2D eigenvalue weighted by Gasteiger charge is -2.40. The molecular formula is C18H38N2O. The Hall–Kier alpha value is -0.410. The maximum Gasteiger partial charge on any atom is 0.156 e. The van der Waals surface area contributed by atoms with Gasteiger partial charge in [-0.3, -0.25) is 4.79 Å². The van der Waals surface area contributed by atoms with Crippen molar-refractivity contribution in [3.05, 3.63) is 0 Å². The van der Waals surface area contributed by atoms with E-state index in [0.717, 1.165) is 26.1 Å². The van der Waals surface area contributed by atoms with Crippen LogP contribution in [0.25, 0.3) is 0 Å². The van der Waals surface area contributed by atoms with Crippen LogP contribution in [0.2, 0.25) is 0 Å². The van der Waals surface area contributed by atoms with E-state index in [1.54, 1.807) is 0 Å². The number of ketones is 1. The topological polar surface area (TPSA) is 46.3 Å². The Labute approximate surface area is 132 Å². The number of nitrogens with two attached hydrogens (primary N) is 1. The molecule has 1 aliphatic heterocycles. The summed E-state index contributed by atoms with van der Waals surface area (Å²) in [6, 6.07) is -0.332. The molecule has 0 aromatic heterocycles. The van der Waals surface area contributed by atoms with Crippen LogP contribution >= 0.6 is 0 Å². The van der Waals surface area contributed by atoms with Crippen molar-refractivity contribution in [2.45, 2.75) is 80.2 Å². The minimum atomic E-state index is -0.332. The molecule has 1 heterocycles. The number of carbonyl (C=O) groups is 1. The smallest absolute Gasteiger partial charge is 0.156 e. The van der Waals surface area contributed by atoms with Crippen LogP contribution in [-0.4, -0.2) is 36.4 Å². The predicted octanol–water partition coefficient (Wildman–Crippen LogP) is 3.86. The van der Waals surface area contributed by atoms with Gasteiger partial charge >= 0.3 is 0 Å². The molecule has 3 nitrogen and oxygen atoms in total. The SMILES string of the molecule is CC.CCC1(C)CCN(CC(N)C(=O)C(C)(C)CC)CC1. The summed E-state index contributed by atoms with van der Waals surface area (Å²) in [5.41, 5.74) is 6.33. The Morgan fingerprint density at radius 3 is 2.10 bits per heavy atom. The van der Waals surface area contributed by atoms with E-state index in [-0.39, 0.29) is 17.2 Å². The minimum Gasteiger partial charge on any atom is -0.320 e. The maximum atomic E-state index is 12.3. The van der Waals surface area contributed by atoms with Gasteiger partial charge in [-0.25, -0.2) is 0 Å². The van der Waals surface area contributed by atoms with Crippen molar-refractivity contribution in [3.8, 4) is 0 Å². The fourth-order valence-corrected chi connectivity index (χ4v) is 2.67. The van der Waals surface area contributed by atoms with Gasteiger partial charge in [-0.15, -0.1) is 0 Å². The van der Waals surface area contributed by atoms with Crippen molar-refractivity contribution in [1.82, 2.24) is 4.90 Å².